The molecule has 1 aliphatic rings. The molecule has 1 fully saturated rings. The molecular formula is C40H36ClF10N7O5S2. The fourth-order valence-corrected chi connectivity index (χ4v) is 7.72. The van der Waals surface area contributed by atoms with Crippen molar-refractivity contribution in [3.8, 4) is 23.0 Å². The molecule has 0 saturated heterocycles. The SMILES string of the molecule is C[C@@H]1C/C(=C(/N)C(F)(F)F)C(=NCC(=O)NC(Cc2cc(F)cc(F)c2)c2nc(C#CC(C)(C)S(C)=O)ccc2-c2ccc(Cl)c3c(N(C(=O)O)S(C)=O)nn(CC(F)(F)F)c23)C1(F)F. The molecule has 5 rings (SSSR count). The Morgan fingerprint density at radius 1 is 1.06 bits per heavy atom. The van der Waals surface area contributed by atoms with Crippen LogP contribution in [0.25, 0.3) is 22.0 Å². The summed E-state index contributed by atoms with van der Waals surface area (Å²) in [6.07, 6.45) is -11.4. The Hall–Kier alpha value is -5.54. The second-order valence-corrected chi connectivity index (χ2v) is 18.7. The number of hydrogen-bond donors (Lipinski definition) is 3. The number of hydrogen-bond acceptors (Lipinski definition) is 8. The highest BCUT2D eigenvalue weighted by Crippen LogP contribution is 2.45. The van der Waals surface area contributed by atoms with E-state index >= 15 is 8.78 Å². The van der Waals surface area contributed by atoms with E-state index in [1.165, 1.54) is 38.3 Å². The van der Waals surface area contributed by atoms with Gasteiger partial charge in [0.1, 0.15) is 57.6 Å². The molecule has 2 amide bonds. The van der Waals surface area contributed by atoms with Gasteiger partial charge in [-0.15, -0.1) is 0 Å². The number of fused-ring (bicyclic) bond motifs is 1. The van der Waals surface area contributed by atoms with E-state index in [9.17, 15) is 58.2 Å². The summed E-state index contributed by atoms with van der Waals surface area (Å²) in [5.41, 5.74) is -0.729. The van der Waals surface area contributed by atoms with E-state index in [2.05, 4.69) is 32.2 Å². The molecule has 12 nitrogen and oxygen atoms in total. The van der Waals surface area contributed by atoms with Crippen LogP contribution < -0.4 is 15.4 Å². The highest BCUT2D eigenvalue weighted by atomic mass is 35.5. The van der Waals surface area contributed by atoms with Crippen LogP contribution in [0, 0.1) is 29.4 Å². The van der Waals surface area contributed by atoms with Crippen molar-refractivity contribution in [3.05, 3.63) is 87.3 Å². The molecule has 25 heteroatoms. The van der Waals surface area contributed by atoms with Gasteiger partial charge in [0, 0.05) is 52.0 Å². The van der Waals surface area contributed by atoms with Crippen molar-refractivity contribution >= 4 is 67.8 Å². The number of nitrogens with two attached hydrogens (primary N) is 1. The average Bonchev–Trinajstić information content (AvgIpc) is 3.63. The smallest absolute Gasteiger partial charge is 0.431 e. The van der Waals surface area contributed by atoms with Gasteiger partial charge in [0.2, 0.25) is 5.91 Å². The van der Waals surface area contributed by atoms with Gasteiger partial charge in [0.25, 0.3) is 5.92 Å². The molecule has 1 aliphatic carbocycles. The Balaban J connectivity index is 1.82. The molecule has 65 heavy (non-hydrogen) atoms. The molecule has 2 aromatic heterocycles. The monoisotopic (exact) mass is 983 g/mol. The van der Waals surface area contributed by atoms with Crippen molar-refractivity contribution in [3.63, 3.8) is 0 Å². The summed E-state index contributed by atoms with van der Waals surface area (Å²) in [6, 6.07) is 5.33. The summed E-state index contributed by atoms with van der Waals surface area (Å²) >= 11 is 6.50. The van der Waals surface area contributed by atoms with Gasteiger partial charge < -0.3 is 16.2 Å². The summed E-state index contributed by atoms with van der Waals surface area (Å²) in [7, 11) is -4.00. The number of aromatic nitrogens is 3. The number of amides is 2. The number of alkyl halides is 8. The zero-order chi connectivity index (χ0) is 48.7. The van der Waals surface area contributed by atoms with Gasteiger partial charge in [-0.1, -0.05) is 30.5 Å². The fraction of sp³-hybridized carbons (Fsp3) is 0.375. The number of rotatable bonds is 11. The topological polar surface area (TPSA) is 173 Å². The number of halogens is 11. The summed E-state index contributed by atoms with van der Waals surface area (Å²) in [5, 5.41) is 15.4. The van der Waals surface area contributed by atoms with E-state index in [0.717, 1.165) is 31.4 Å². The standard InChI is InChI=1S/C40H36ClF10N7O5S2/c1-19-12-26(33(52)40(49,50)51)34(39(19,47)48)53-17-29(59)55-28(15-20-13-21(42)16-22(43)14-20)31-24(7-6-23(54-31)10-11-37(2,3)64(4)62)25-8-9-27(41)30-32(25)57(18-38(44,45)46)56-35(30)58(36(60)61)65(5)63/h6-9,13-14,16,19,28H,12,15,17-18,52H2,1-5H3,(H,55,59)(H,60,61)/b33-26-,53-34?/t19-,28?,64?,65?/m1/s1. The molecule has 1 saturated carbocycles. The number of allylic oxidation sites excluding steroid dienone is 2. The lowest BCUT2D eigenvalue weighted by molar-refractivity contribution is -0.141. The fourth-order valence-electron chi connectivity index (χ4n) is 6.70. The first-order chi connectivity index (χ1) is 29.9. The zero-order valence-corrected chi connectivity index (χ0v) is 36.8. The van der Waals surface area contributed by atoms with Crippen molar-refractivity contribution in [1.29, 1.82) is 0 Å². The molecule has 4 N–H and O–H groups in total. The third-order valence-electron chi connectivity index (χ3n) is 9.97. The van der Waals surface area contributed by atoms with E-state index < -0.39 is 140 Å². The number of pyridine rings is 1. The maximum absolute atomic E-state index is 15.3. The molecule has 4 aromatic rings. The van der Waals surface area contributed by atoms with Gasteiger partial charge in [0.05, 0.1) is 27.7 Å². The molecule has 350 valence electrons. The number of carbonyl (C=O) groups is 2. The van der Waals surface area contributed by atoms with Crippen LogP contribution in [-0.2, 0) is 39.5 Å². The summed E-state index contributed by atoms with van der Waals surface area (Å²) in [6.45, 7) is 0.843. The van der Waals surface area contributed by atoms with Crippen molar-refractivity contribution < 1.29 is 67.0 Å². The molecule has 4 atom stereocenters. The normalized spacial score (nSPS) is 18.2. The van der Waals surface area contributed by atoms with Gasteiger partial charge in [-0.2, -0.15) is 44.5 Å². The minimum absolute atomic E-state index is 0.141. The van der Waals surface area contributed by atoms with Crippen molar-refractivity contribution in [2.45, 2.75) is 69.2 Å². The van der Waals surface area contributed by atoms with Crippen LogP contribution in [-0.4, -0.2) is 88.1 Å². The minimum Gasteiger partial charge on any atom is -0.464 e. The number of carbonyl (C=O) groups excluding carboxylic acids is 1. The van der Waals surface area contributed by atoms with Gasteiger partial charge in [-0.05, 0) is 68.5 Å². The summed E-state index contributed by atoms with van der Waals surface area (Å²) in [4.78, 5) is 34.2. The Labute approximate surface area is 373 Å². The molecule has 2 aromatic carbocycles. The number of carboxylic acid groups (broad SMARTS) is 1. The van der Waals surface area contributed by atoms with Gasteiger partial charge in [-0.25, -0.2) is 22.8 Å². The first-order valence-corrected chi connectivity index (χ1v) is 22.1. The molecule has 0 spiro atoms. The van der Waals surface area contributed by atoms with Crippen molar-refractivity contribution in [2.24, 2.45) is 16.6 Å². The average molecular weight is 984 g/mol. The van der Waals surface area contributed by atoms with Crippen molar-refractivity contribution in [1.82, 2.24) is 20.1 Å². The molecular weight excluding hydrogens is 948 g/mol. The second-order valence-electron chi connectivity index (χ2n) is 15.1. The van der Waals surface area contributed by atoms with E-state index in [1.807, 2.05) is 0 Å². The number of aliphatic imine (C=N–C) groups is 1. The lowest BCUT2D eigenvalue weighted by atomic mass is 9.93. The Morgan fingerprint density at radius 3 is 2.23 bits per heavy atom. The summed E-state index contributed by atoms with van der Waals surface area (Å²) < 4.78 is 168. The Bertz CT molecular complexity index is 2710. The van der Waals surface area contributed by atoms with Gasteiger partial charge in [0.15, 0.2) is 5.82 Å². The zero-order valence-electron chi connectivity index (χ0n) is 34.4. The van der Waals surface area contributed by atoms with Crippen LogP contribution in [0.2, 0.25) is 5.02 Å². The Kier molecular flexibility index (Phi) is 14.6. The lowest BCUT2D eigenvalue weighted by Crippen LogP contribution is -2.35. The minimum atomic E-state index is -5.25. The third kappa shape index (κ3) is 11.3. The van der Waals surface area contributed by atoms with Crippen LogP contribution in [0.5, 0.6) is 0 Å². The van der Waals surface area contributed by atoms with Crippen molar-refractivity contribution in [2.75, 3.05) is 23.4 Å². The van der Waals surface area contributed by atoms with Gasteiger partial charge in [-0.3, -0.25) is 18.7 Å². The maximum Gasteiger partial charge on any atom is 0.431 e. The highest BCUT2D eigenvalue weighted by Gasteiger charge is 2.53. The van der Waals surface area contributed by atoms with E-state index in [4.69, 9.17) is 17.3 Å². The third-order valence-corrected chi connectivity index (χ3v) is 12.7. The van der Waals surface area contributed by atoms with Crippen LogP contribution in [0.1, 0.15) is 50.2 Å². The van der Waals surface area contributed by atoms with E-state index in [-0.39, 0.29) is 37.4 Å². The first kappa shape index (κ1) is 50.5. The maximum atomic E-state index is 15.3. The number of nitrogens with one attached hydrogen (secondary N) is 1. The van der Waals surface area contributed by atoms with Crippen LogP contribution in [0.4, 0.5) is 54.5 Å². The first-order valence-electron chi connectivity index (χ1n) is 18.7. The summed E-state index contributed by atoms with van der Waals surface area (Å²) in [5.74, 6) is -4.48. The van der Waals surface area contributed by atoms with Crippen LogP contribution >= 0.6 is 11.6 Å². The van der Waals surface area contributed by atoms with Crippen LogP contribution in [0.15, 0.2) is 58.7 Å². The van der Waals surface area contributed by atoms with Gasteiger partial charge >= 0.3 is 18.4 Å². The molecule has 0 radical (unpaired) electrons. The highest BCUT2D eigenvalue weighted by molar-refractivity contribution is 7.86. The molecule has 3 unspecified atom stereocenters. The number of anilines is 1. The van der Waals surface area contributed by atoms with Crippen LogP contribution in [0.3, 0.4) is 0 Å². The lowest BCUT2D eigenvalue weighted by Gasteiger charge is -2.23. The second kappa shape index (κ2) is 18.7. The molecule has 0 aliphatic heterocycles. The Morgan fingerprint density at radius 2 is 1.68 bits per heavy atom. The largest absolute Gasteiger partial charge is 0.464 e. The number of nitrogens with zero attached hydrogens (tertiary/aromatic N) is 5. The quantitative estimate of drug-likeness (QED) is 0.0998. The van der Waals surface area contributed by atoms with E-state index in [1.54, 1.807) is 0 Å². The molecule has 0 bridgehead atoms. The predicted molar refractivity (Wildman–Crippen MR) is 223 cm³/mol. The molecule has 2 heterocycles. The number of benzene rings is 2. The van der Waals surface area contributed by atoms with E-state index in [0.29, 0.717) is 10.7 Å². The predicted octanol–water partition coefficient (Wildman–Crippen LogP) is 8.17.